The van der Waals surface area contributed by atoms with Crippen LogP contribution in [-0.2, 0) is 10.3 Å². The van der Waals surface area contributed by atoms with E-state index in [-0.39, 0.29) is 5.54 Å². The van der Waals surface area contributed by atoms with E-state index in [2.05, 4.69) is 4.99 Å². The van der Waals surface area contributed by atoms with Crippen molar-refractivity contribution in [2.24, 2.45) is 4.99 Å². The van der Waals surface area contributed by atoms with Crippen LogP contribution in [0.25, 0.3) is 0 Å². The van der Waals surface area contributed by atoms with Crippen LogP contribution in [-0.4, -0.2) is 13.0 Å². The lowest BCUT2D eigenvalue weighted by atomic mass is 9.94. The number of aliphatic imine (C=N–C) groups is 1. The quantitative estimate of drug-likeness (QED) is 0.725. The van der Waals surface area contributed by atoms with Crippen LogP contribution < -0.4 is 0 Å². The smallest absolute Gasteiger partial charge is 0.170 e. The number of ether oxygens (including phenoxy) is 1. The Hall–Kier alpha value is -0.730. The lowest BCUT2D eigenvalue weighted by molar-refractivity contribution is 0.276. The van der Waals surface area contributed by atoms with Gasteiger partial charge in [-0.1, -0.05) is 29.3 Å². The van der Waals surface area contributed by atoms with Gasteiger partial charge < -0.3 is 4.74 Å². The van der Waals surface area contributed by atoms with Crippen molar-refractivity contribution in [3.8, 4) is 0 Å². The molecule has 1 atom stereocenters. The first-order valence-corrected chi connectivity index (χ1v) is 4.98. The van der Waals surface area contributed by atoms with Gasteiger partial charge in [-0.05, 0) is 24.6 Å². The van der Waals surface area contributed by atoms with E-state index in [9.17, 15) is 0 Å². The molecule has 4 heteroatoms. The number of hydrogen-bond acceptors (Lipinski definition) is 2. The molecule has 1 unspecified atom stereocenters. The molecule has 1 heterocycles. The molecule has 74 valence electrons. The van der Waals surface area contributed by atoms with E-state index in [0.29, 0.717) is 16.7 Å². The summed E-state index contributed by atoms with van der Waals surface area (Å²) in [7, 11) is 0. The van der Waals surface area contributed by atoms with E-state index in [1.54, 1.807) is 6.07 Å². The number of hydrogen-bond donors (Lipinski definition) is 0. The summed E-state index contributed by atoms with van der Waals surface area (Å²) in [4.78, 5) is 4.26. The van der Waals surface area contributed by atoms with Crippen LogP contribution in [0.5, 0.6) is 0 Å². The highest BCUT2D eigenvalue weighted by Gasteiger charge is 2.30. The molecular weight excluding hydrogens is 221 g/mol. The molecule has 0 spiro atoms. The minimum Gasteiger partial charge on any atom is -0.481 e. The second-order valence-corrected chi connectivity index (χ2v) is 4.26. The lowest BCUT2D eigenvalue weighted by Gasteiger charge is -2.19. The lowest BCUT2D eigenvalue weighted by Crippen LogP contribution is -2.20. The van der Waals surface area contributed by atoms with Crippen LogP contribution in [0.1, 0.15) is 12.5 Å². The molecule has 0 fully saturated rings. The Bertz CT molecular complexity index is 392. The van der Waals surface area contributed by atoms with Crippen molar-refractivity contribution in [1.82, 2.24) is 0 Å². The fourth-order valence-corrected chi connectivity index (χ4v) is 1.68. The zero-order valence-corrected chi connectivity index (χ0v) is 9.14. The summed E-state index contributed by atoms with van der Waals surface area (Å²) in [5.74, 6) is 0. The zero-order chi connectivity index (χ0) is 10.2. The minimum absolute atomic E-state index is 0.325. The molecule has 0 saturated carbocycles. The Morgan fingerprint density at radius 1 is 1.36 bits per heavy atom. The van der Waals surface area contributed by atoms with Gasteiger partial charge in [0.15, 0.2) is 6.40 Å². The van der Waals surface area contributed by atoms with Gasteiger partial charge in [0.2, 0.25) is 0 Å². The highest BCUT2D eigenvalue weighted by atomic mass is 35.5. The molecule has 1 aromatic carbocycles. The van der Waals surface area contributed by atoms with E-state index in [0.717, 1.165) is 5.56 Å². The van der Waals surface area contributed by atoms with Gasteiger partial charge >= 0.3 is 0 Å². The molecule has 0 amide bonds. The molecular formula is C10H9Cl2NO. The first-order valence-electron chi connectivity index (χ1n) is 4.23. The van der Waals surface area contributed by atoms with Gasteiger partial charge in [-0.25, -0.2) is 4.99 Å². The van der Waals surface area contributed by atoms with E-state index in [1.165, 1.54) is 6.40 Å². The Morgan fingerprint density at radius 3 is 2.71 bits per heavy atom. The van der Waals surface area contributed by atoms with Gasteiger partial charge in [-0.3, -0.25) is 0 Å². The van der Waals surface area contributed by atoms with Crippen LogP contribution in [0, 0.1) is 0 Å². The third kappa shape index (κ3) is 1.60. The van der Waals surface area contributed by atoms with E-state index in [1.807, 2.05) is 19.1 Å². The molecule has 0 bridgehead atoms. The summed E-state index contributed by atoms with van der Waals surface area (Å²) >= 11 is 11.8. The number of halogens is 2. The second-order valence-electron chi connectivity index (χ2n) is 3.45. The predicted molar refractivity (Wildman–Crippen MR) is 58.3 cm³/mol. The summed E-state index contributed by atoms with van der Waals surface area (Å²) in [5.41, 5.74) is 0.689. The van der Waals surface area contributed by atoms with Gasteiger partial charge in [-0.15, -0.1) is 0 Å². The van der Waals surface area contributed by atoms with Gasteiger partial charge in [0.05, 0.1) is 10.0 Å². The van der Waals surface area contributed by atoms with Crippen LogP contribution in [0.4, 0.5) is 0 Å². The van der Waals surface area contributed by atoms with Gasteiger partial charge in [0, 0.05) is 0 Å². The van der Waals surface area contributed by atoms with Crippen molar-refractivity contribution in [1.29, 1.82) is 0 Å². The first kappa shape index (κ1) is 9.81. The average molecular weight is 230 g/mol. The third-order valence-corrected chi connectivity index (χ3v) is 3.06. The van der Waals surface area contributed by atoms with Crippen LogP contribution in [0.2, 0.25) is 10.0 Å². The maximum Gasteiger partial charge on any atom is 0.170 e. The fourth-order valence-electron chi connectivity index (χ4n) is 1.38. The monoisotopic (exact) mass is 229 g/mol. The molecule has 14 heavy (non-hydrogen) atoms. The molecule has 1 aliphatic rings. The largest absolute Gasteiger partial charge is 0.481 e. The summed E-state index contributed by atoms with van der Waals surface area (Å²) in [6.45, 7) is 2.54. The van der Waals surface area contributed by atoms with E-state index < -0.39 is 0 Å². The Labute approximate surface area is 92.5 Å². The molecule has 0 aliphatic carbocycles. The molecule has 1 aromatic rings. The van der Waals surface area contributed by atoms with Crippen molar-refractivity contribution in [3.63, 3.8) is 0 Å². The summed E-state index contributed by atoms with van der Waals surface area (Å²) in [5, 5.41) is 1.11. The van der Waals surface area contributed by atoms with E-state index in [4.69, 9.17) is 27.9 Å². The van der Waals surface area contributed by atoms with Crippen molar-refractivity contribution in [2.75, 3.05) is 6.61 Å². The van der Waals surface area contributed by atoms with Gasteiger partial charge in [-0.2, -0.15) is 0 Å². The SMILES string of the molecule is CC1(c2ccc(Cl)c(Cl)c2)COC=N1. The average Bonchev–Trinajstić information content (AvgIpc) is 2.58. The molecule has 2 nitrogen and oxygen atoms in total. The standard InChI is InChI=1S/C10H9Cl2NO/c1-10(5-14-6-13-10)7-2-3-8(11)9(12)4-7/h2-4,6H,5H2,1H3. The summed E-state index contributed by atoms with van der Waals surface area (Å²) < 4.78 is 5.12. The van der Waals surface area contributed by atoms with Crippen LogP contribution >= 0.6 is 23.2 Å². The highest BCUT2D eigenvalue weighted by molar-refractivity contribution is 6.42. The second kappa shape index (κ2) is 3.44. The van der Waals surface area contributed by atoms with Crippen LogP contribution in [0.15, 0.2) is 23.2 Å². The number of rotatable bonds is 1. The molecule has 0 aromatic heterocycles. The van der Waals surface area contributed by atoms with Crippen molar-refractivity contribution >= 4 is 29.6 Å². The predicted octanol–water partition coefficient (Wildman–Crippen LogP) is 3.27. The number of benzene rings is 1. The topological polar surface area (TPSA) is 21.6 Å². The first-order chi connectivity index (χ1) is 6.62. The Morgan fingerprint density at radius 2 is 2.14 bits per heavy atom. The Kier molecular flexibility index (Phi) is 2.41. The van der Waals surface area contributed by atoms with Crippen molar-refractivity contribution in [3.05, 3.63) is 33.8 Å². The fraction of sp³-hybridized carbons (Fsp3) is 0.300. The maximum absolute atomic E-state index is 5.93. The summed E-state index contributed by atoms with van der Waals surface area (Å²) in [6, 6.07) is 5.52. The zero-order valence-electron chi connectivity index (χ0n) is 7.63. The summed E-state index contributed by atoms with van der Waals surface area (Å²) in [6.07, 6.45) is 1.47. The maximum atomic E-state index is 5.93. The highest BCUT2D eigenvalue weighted by Crippen LogP contribution is 2.32. The normalized spacial score (nSPS) is 25.1. The molecule has 0 radical (unpaired) electrons. The van der Waals surface area contributed by atoms with E-state index >= 15 is 0 Å². The van der Waals surface area contributed by atoms with Crippen molar-refractivity contribution in [2.45, 2.75) is 12.5 Å². The van der Waals surface area contributed by atoms with Gasteiger partial charge in [0.25, 0.3) is 0 Å². The molecule has 0 saturated heterocycles. The third-order valence-electron chi connectivity index (χ3n) is 2.32. The van der Waals surface area contributed by atoms with Crippen molar-refractivity contribution < 1.29 is 4.74 Å². The van der Waals surface area contributed by atoms with Crippen LogP contribution in [0.3, 0.4) is 0 Å². The Balaban J connectivity index is 2.42. The van der Waals surface area contributed by atoms with Gasteiger partial charge in [0.1, 0.15) is 12.1 Å². The molecule has 2 rings (SSSR count). The molecule has 0 N–H and O–H groups in total. The molecule has 1 aliphatic heterocycles. The number of nitrogens with zero attached hydrogens (tertiary/aromatic N) is 1. The minimum atomic E-state index is -0.325.